The van der Waals surface area contributed by atoms with Crippen molar-refractivity contribution in [2.45, 2.75) is 20.4 Å². The van der Waals surface area contributed by atoms with Crippen LogP contribution in [0, 0.1) is 13.8 Å². The topological polar surface area (TPSA) is 80.8 Å². The highest BCUT2D eigenvalue weighted by molar-refractivity contribution is 5.82. The van der Waals surface area contributed by atoms with Crippen LogP contribution in [0.25, 0.3) is 0 Å². The molecule has 7 heteroatoms. The third-order valence-electron chi connectivity index (χ3n) is 4.11. The molecular weight excluding hydrogens is 334 g/mol. The number of carbonyl (C=O) groups excluding carboxylic acids is 2. The highest BCUT2D eigenvalue weighted by atomic mass is 16.6. The van der Waals surface area contributed by atoms with Gasteiger partial charge in [0, 0.05) is 18.3 Å². The highest BCUT2D eigenvalue weighted by Gasteiger charge is 2.24. The van der Waals surface area contributed by atoms with E-state index in [2.05, 4.69) is 10.3 Å². The van der Waals surface area contributed by atoms with E-state index < -0.39 is 6.09 Å². The van der Waals surface area contributed by atoms with E-state index in [1.807, 2.05) is 38.1 Å². The van der Waals surface area contributed by atoms with Crippen LogP contribution in [0.15, 0.2) is 36.5 Å². The number of cyclic esters (lactones) is 1. The molecule has 1 aromatic carbocycles. The van der Waals surface area contributed by atoms with E-state index in [-0.39, 0.29) is 19.0 Å². The minimum atomic E-state index is -0.458. The van der Waals surface area contributed by atoms with E-state index in [1.165, 1.54) is 4.90 Å². The lowest BCUT2D eigenvalue weighted by atomic mass is 10.1. The zero-order chi connectivity index (χ0) is 18.5. The number of ether oxygens (including phenoxy) is 2. The molecule has 1 aliphatic rings. The predicted molar refractivity (Wildman–Crippen MR) is 95.0 cm³/mol. The molecule has 2 aromatic rings. The van der Waals surface area contributed by atoms with Crippen LogP contribution in [-0.2, 0) is 16.1 Å². The zero-order valence-corrected chi connectivity index (χ0v) is 14.8. The van der Waals surface area contributed by atoms with Crippen LogP contribution in [-0.4, -0.2) is 41.6 Å². The van der Waals surface area contributed by atoms with Crippen molar-refractivity contribution in [3.8, 4) is 11.6 Å². The normalized spacial score (nSPS) is 13.5. The quantitative estimate of drug-likeness (QED) is 0.861. The van der Waals surface area contributed by atoms with E-state index in [0.717, 1.165) is 22.4 Å². The van der Waals surface area contributed by atoms with Gasteiger partial charge in [0.2, 0.25) is 11.8 Å². The summed E-state index contributed by atoms with van der Waals surface area (Å²) in [4.78, 5) is 29.1. The van der Waals surface area contributed by atoms with Crippen LogP contribution < -0.4 is 10.1 Å². The van der Waals surface area contributed by atoms with Gasteiger partial charge >= 0.3 is 6.09 Å². The van der Waals surface area contributed by atoms with Crippen molar-refractivity contribution in [2.75, 3.05) is 19.7 Å². The molecule has 0 atom stereocenters. The van der Waals surface area contributed by atoms with Crippen molar-refractivity contribution >= 4 is 12.0 Å². The molecular formula is C19H21N3O4. The number of nitrogens with one attached hydrogen (secondary N) is 1. The predicted octanol–water partition coefficient (Wildman–Crippen LogP) is 2.56. The van der Waals surface area contributed by atoms with E-state index in [0.29, 0.717) is 19.0 Å². The van der Waals surface area contributed by atoms with Crippen molar-refractivity contribution in [1.82, 2.24) is 15.2 Å². The molecule has 1 saturated heterocycles. The summed E-state index contributed by atoms with van der Waals surface area (Å²) in [7, 11) is 0. The van der Waals surface area contributed by atoms with Gasteiger partial charge in [-0.15, -0.1) is 0 Å². The molecule has 0 radical (unpaired) electrons. The average Bonchev–Trinajstić information content (AvgIpc) is 3.02. The molecule has 1 N–H and O–H groups in total. The Morgan fingerprint density at radius 2 is 2.04 bits per heavy atom. The van der Waals surface area contributed by atoms with Crippen LogP contribution in [0.3, 0.4) is 0 Å². The molecule has 0 saturated carbocycles. The Morgan fingerprint density at radius 3 is 2.73 bits per heavy atom. The molecule has 1 aliphatic heterocycles. The van der Waals surface area contributed by atoms with Crippen LogP contribution >= 0.6 is 0 Å². The number of hydrogen-bond acceptors (Lipinski definition) is 5. The van der Waals surface area contributed by atoms with Gasteiger partial charge in [0.25, 0.3) is 0 Å². The number of aryl methyl sites for hydroxylation is 2. The minimum absolute atomic E-state index is 0.0216. The first-order chi connectivity index (χ1) is 12.5. The lowest BCUT2D eigenvalue weighted by Gasteiger charge is -2.15. The summed E-state index contributed by atoms with van der Waals surface area (Å²) in [6.45, 7) is 4.94. The van der Waals surface area contributed by atoms with Crippen LogP contribution in [0.5, 0.6) is 11.6 Å². The first kappa shape index (κ1) is 17.7. The summed E-state index contributed by atoms with van der Waals surface area (Å²) < 4.78 is 10.8. The summed E-state index contributed by atoms with van der Waals surface area (Å²) in [5.41, 5.74) is 2.78. The van der Waals surface area contributed by atoms with Gasteiger partial charge in [-0.1, -0.05) is 24.3 Å². The molecule has 3 rings (SSSR count). The molecule has 0 aliphatic carbocycles. The third-order valence-corrected chi connectivity index (χ3v) is 4.11. The molecule has 7 nitrogen and oxygen atoms in total. The molecule has 0 bridgehead atoms. The van der Waals surface area contributed by atoms with Gasteiger partial charge < -0.3 is 14.8 Å². The molecule has 136 valence electrons. The van der Waals surface area contributed by atoms with E-state index in [4.69, 9.17) is 9.47 Å². The first-order valence-corrected chi connectivity index (χ1v) is 8.41. The fourth-order valence-corrected chi connectivity index (χ4v) is 2.70. The van der Waals surface area contributed by atoms with Crippen molar-refractivity contribution in [3.05, 3.63) is 53.2 Å². The Bertz CT molecular complexity index is 802. The van der Waals surface area contributed by atoms with Gasteiger partial charge in [0.1, 0.15) is 18.9 Å². The molecule has 1 aromatic heterocycles. The molecule has 1 fully saturated rings. The maximum Gasteiger partial charge on any atom is 0.410 e. The Hall–Kier alpha value is -3.09. The number of para-hydroxylation sites is 1. The highest BCUT2D eigenvalue weighted by Crippen LogP contribution is 2.29. The largest absolute Gasteiger partial charge is 0.448 e. The Balaban J connectivity index is 1.66. The molecule has 0 unspecified atom stereocenters. The van der Waals surface area contributed by atoms with E-state index in [1.54, 1.807) is 12.3 Å². The van der Waals surface area contributed by atoms with Crippen molar-refractivity contribution in [3.63, 3.8) is 0 Å². The summed E-state index contributed by atoms with van der Waals surface area (Å²) >= 11 is 0. The van der Waals surface area contributed by atoms with Gasteiger partial charge in [-0.2, -0.15) is 0 Å². The van der Waals surface area contributed by atoms with Crippen molar-refractivity contribution in [1.29, 1.82) is 0 Å². The van der Waals surface area contributed by atoms with E-state index in [9.17, 15) is 9.59 Å². The van der Waals surface area contributed by atoms with Crippen LogP contribution in [0.2, 0.25) is 0 Å². The summed E-state index contributed by atoms with van der Waals surface area (Å²) in [6, 6.07) is 9.56. The standard InChI is InChI=1S/C19H21N3O4/c1-13-5-3-6-14(2)17(13)26-18-15(7-4-8-20-18)11-21-16(23)12-22-9-10-25-19(22)24/h3-8H,9-12H2,1-2H3,(H,21,23). The van der Waals surface area contributed by atoms with Crippen LogP contribution in [0.4, 0.5) is 4.79 Å². The average molecular weight is 355 g/mol. The minimum Gasteiger partial charge on any atom is -0.448 e. The fourth-order valence-electron chi connectivity index (χ4n) is 2.70. The lowest BCUT2D eigenvalue weighted by molar-refractivity contribution is -0.121. The zero-order valence-electron chi connectivity index (χ0n) is 14.8. The number of pyridine rings is 1. The second-order valence-corrected chi connectivity index (χ2v) is 6.10. The van der Waals surface area contributed by atoms with Gasteiger partial charge in [-0.05, 0) is 31.0 Å². The first-order valence-electron chi connectivity index (χ1n) is 8.41. The maximum atomic E-state index is 12.1. The summed E-state index contributed by atoms with van der Waals surface area (Å²) in [5.74, 6) is 0.954. The van der Waals surface area contributed by atoms with Gasteiger partial charge in [-0.25, -0.2) is 9.78 Å². The van der Waals surface area contributed by atoms with Crippen LogP contribution in [0.1, 0.15) is 16.7 Å². The second kappa shape index (κ2) is 7.86. The third kappa shape index (κ3) is 4.11. The molecule has 26 heavy (non-hydrogen) atoms. The molecule has 2 amide bonds. The van der Waals surface area contributed by atoms with Gasteiger partial charge in [0.05, 0.1) is 6.54 Å². The number of benzene rings is 1. The SMILES string of the molecule is Cc1cccc(C)c1Oc1ncccc1CNC(=O)CN1CCOC1=O. The van der Waals surface area contributed by atoms with E-state index >= 15 is 0 Å². The Kier molecular flexibility index (Phi) is 5.36. The fraction of sp³-hybridized carbons (Fsp3) is 0.316. The molecule has 0 spiro atoms. The Morgan fingerprint density at radius 1 is 1.27 bits per heavy atom. The number of rotatable bonds is 6. The maximum absolute atomic E-state index is 12.1. The number of hydrogen-bond donors (Lipinski definition) is 1. The van der Waals surface area contributed by atoms with Gasteiger partial charge in [-0.3, -0.25) is 9.69 Å². The summed E-state index contributed by atoms with van der Waals surface area (Å²) in [5, 5.41) is 2.79. The Labute approximate surface area is 151 Å². The number of amides is 2. The van der Waals surface area contributed by atoms with Crippen molar-refractivity contribution < 1.29 is 19.1 Å². The molecule has 2 heterocycles. The number of nitrogens with zero attached hydrogens (tertiary/aromatic N) is 2. The van der Waals surface area contributed by atoms with Crippen molar-refractivity contribution in [2.24, 2.45) is 0 Å². The summed E-state index contributed by atoms with van der Waals surface area (Å²) in [6.07, 6.45) is 1.19. The number of carbonyl (C=O) groups is 2. The smallest absolute Gasteiger partial charge is 0.410 e. The monoisotopic (exact) mass is 355 g/mol. The van der Waals surface area contributed by atoms with Gasteiger partial charge in [0.15, 0.2) is 0 Å². The second-order valence-electron chi connectivity index (χ2n) is 6.10. The lowest BCUT2D eigenvalue weighted by Crippen LogP contribution is -2.37. The number of aromatic nitrogens is 1.